The number of fused-ring (bicyclic) bond motifs is 1. The highest BCUT2D eigenvalue weighted by atomic mass is 16.5. The molecule has 186 valence electrons. The summed E-state index contributed by atoms with van der Waals surface area (Å²) < 4.78 is 10.5. The topological polar surface area (TPSA) is 124 Å². The lowest BCUT2D eigenvalue weighted by Crippen LogP contribution is -2.49. The third kappa shape index (κ3) is 5.39. The van der Waals surface area contributed by atoms with Gasteiger partial charge in [0, 0.05) is 22.8 Å². The normalized spacial score (nSPS) is 17.8. The van der Waals surface area contributed by atoms with Crippen LogP contribution in [-0.4, -0.2) is 35.5 Å². The van der Waals surface area contributed by atoms with Crippen molar-refractivity contribution < 1.29 is 23.9 Å². The van der Waals surface area contributed by atoms with Gasteiger partial charge in [-0.1, -0.05) is 60.7 Å². The first-order chi connectivity index (χ1) is 17.4. The molecule has 2 aromatic carbocycles. The van der Waals surface area contributed by atoms with Crippen LogP contribution in [0.5, 0.6) is 0 Å². The fraction of sp³-hybridized carbons (Fsp3) is 0.250. The van der Waals surface area contributed by atoms with E-state index in [-0.39, 0.29) is 26.1 Å². The summed E-state index contributed by atoms with van der Waals surface area (Å²) in [4.78, 5) is 41.9. The highest BCUT2D eigenvalue weighted by molar-refractivity contribution is 6.09. The Morgan fingerprint density at radius 2 is 1.83 bits per heavy atom. The Morgan fingerprint density at radius 1 is 1.08 bits per heavy atom. The van der Waals surface area contributed by atoms with Crippen molar-refractivity contribution in [2.75, 3.05) is 6.61 Å². The molecule has 0 saturated carbocycles. The van der Waals surface area contributed by atoms with E-state index < -0.39 is 29.3 Å². The molecular weight excluding hydrogens is 458 g/mol. The zero-order valence-electron chi connectivity index (χ0n) is 20.0. The van der Waals surface area contributed by atoms with Crippen LogP contribution in [0.25, 0.3) is 10.9 Å². The molecule has 4 rings (SSSR count). The molecule has 0 fully saturated rings. The lowest BCUT2D eigenvalue weighted by atomic mass is 9.74. The molecule has 0 aliphatic heterocycles. The number of Topliss-reactive ketones (excluding diaryl/α,β-unsaturated/α-hetero) is 1. The average molecular weight is 488 g/mol. The van der Waals surface area contributed by atoms with Gasteiger partial charge in [0.05, 0.1) is 12.6 Å². The number of carbonyl (C=O) groups excluding carboxylic acids is 3. The fourth-order valence-corrected chi connectivity index (χ4v) is 4.26. The van der Waals surface area contributed by atoms with Crippen molar-refractivity contribution in [2.24, 2.45) is 11.1 Å². The van der Waals surface area contributed by atoms with Crippen molar-refractivity contribution in [3.8, 4) is 0 Å². The number of ketones is 1. The van der Waals surface area contributed by atoms with E-state index in [4.69, 9.17) is 15.2 Å². The number of nitrogens with two attached hydrogens (primary N) is 1. The molecule has 8 heteroatoms. The number of H-pyrrole nitrogens is 1. The number of nitrogens with one attached hydrogen (secondary N) is 2. The monoisotopic (exact) mass is 487 g/mol. The molecule has 0 radical (unpaired) electrons. The molecular formula is C28H29N3O5. The standard InChI is InChI=1S/C28H29N3O5/c1-2-35-26(33)28(25(32)23(29)16-20-17-30-24-11-7-6-10-22(20)24)14-12-21(13-15-28)31-27(34)36-18-19-8-4-3-5-9-19/h3-14,17,23,30H,2,15-16,18,29H2,1H3,(H,31,34)/t23-,28?/m0/s1. The molecule has 3 aromatic rings. The van der Waals surface area contributed by atoms with Crippen molar-refractivity contribution in [3.05, 3.63) is 95.8 Å². The second kappa shape index (κ2) is 11.0. The minimum Gasteiger partial charge on any atom is -0.465 e. The van der Waals surface area contributed by atoms with Crippen molar-refractivity contribution >= 4 is 28.7 Å². The first-order valence-corrected chi connectivity index (χ1v) is 11.8. The van der Waals surface area contributed by atoms with E-state index in [0.29, 0.717) is 5.70 Å². The molecule has 0 spiro atoms. The van der Waals surface area contributed by atoms with E-state index in [9.17, 15) is 14.4 Å². The van der Waals surface area contributed by atoms with E-state index in [1.807, 2.05) is 60.8 Å². The number of ether oxygens (including phenoxy) is 2. The van der Waals surface area contributed by atoms with E-state index in [1.54, 1.807) is 13.0 Å². The smallest absolute Gasteiger partial charge is 0.411 e. The van der Waals surface area contributed by atoms with Crippen molar-refractivity contribution in [1.29, 1.82) is 0 Å². The largest absolute Gasteiger partial charge is 0.465 e. The summed E-state index contributed by atoms with van der Waals surface area (Å²) in [6, 6.07) is 16.1. The lowest BCUT2D eigenvalue weighted by molar-refractivity contribution is -0.157. The molecule has 1 unspecified atom stereocenters. The Kier molecular flexibility index (Phi) is 7.65. The number of para-hydroxylation sites is 1. The molecule has 0 saturated heterocycles. The van der Waals surface area contributed by atoms with Gasteiger partial charge in [-0.05, 0) is 43.0 Å². The van der Waals surface area contributed by atoms with Crippen LogP contribution in [0.1, 0.15) is 24.5 Å². The van der Waals surface area contributed by atoms with Gasteiger partial charge in [-0.2, -0.15) is 0 Å². The molecule has 0 bridgehead atoms. The zero-order chi connectivity index (χ0) is 25.5. The maximum atomic E-state index is 13.6. The minimum atomic E-state index is -1.57. The van der Waals surface area contributed by atoms with Crippen LogP contribution >= 0.6 is 0 Å². The highest BCUT2D eigenvalue weighted by Gasteiger charge is 2.47. The molecule has 1 aromatic heterocycles. The van der Waals surface area contributed by atoms with E-state index in [2.05, 4.69) is 10.3 Å². The predicted octanol–water partition coefficient (Wildman–Crippen LogP) is 3.93. The Bertz CT molecular complexity index is 1310. The summed E-state index contributed by atoms with van der Waals surface area (Å²) in [7, 11) is 0. The Hall–Kier alpha value is -4.17. The van der Waals surface area contributed by atoms with Crippen LogP contribution in [-0.2, 0) is 32.1 Å². The van der Waals surface area contributed by atoms with Crippen LogP contribution in [0.2, 0.25) is 0 Å². The number of carbonyl (C=O) groups is 3. The van der Waals surface area contributed by atoms with Gasteiger partial charge >= 0.3 is 12.1 Å². The maximum Gasteiger partial charge on any atom is 0.411 e. The van der Waals surface area contributed by atoms with Gasteiger partial charge in [0.2, 0.25) is 0 Å². The third-order valence-corrected chi connectivity index (χ3v) is 6.18. The number of amides is 1. The van der Waals surface area contributed by atoms with Crippen LogP contribution < -0.4 is 11.1 Å². The van der Waals surface area contributed by atoms with Crippen molar-refractivity contribution in [3.63, 3.8) is 0 Å². The number of aromatic amines is 1. The first kappa shape index (κ1) is 24.9. The number of benzene rings is 2. The van der Waals surface area contributed by atoms with Gasteiger partial charge in [-0.15, -0.1) is 0 Å². The SMILES string of the molecule is CCOC(=O)C1(C(=O)[C@@H](N)Cc2c[nH]c3ccccc23)C=CC(NC(=O)OCc2ccccc2)=CC1. The van der Waals surface area contributed by atoms with Gasteiger partial charge in [-0.25, -0.2) is 4.79 Å². The summed E-state index contributed by atoms with van der Waals surface area (Å²) >= 11 is 0. The van der Waals surface area contributed by atoms with Crippen LogP contribution in [0.15, 0.2) is 84.7 Å². The maximum absolute atomic E-state index is 13.6. The predicted molar refractivity (Wildman–Crippen MR) is 136 cm³/mol. The summed E-state index contributed by atoms with van der Waals surface area (Å²) in [6.07, 6.45) is 6.05. The number of aromatic nitrogens is 1. The van der Waals surface area contributed by atoms with Gasteiger partial charge in [0.15, 0.2) is 5.78 Å². The number of alkyl carbamates (subject to hydrolysis) is 1. The van der Waals surface area contributed by atoms with Gasteiger partial charge in [-0.3, -0.25) is 14.9 Å². The molecule has 4 N–H and O–H groups in total. The van der Waals surface area contributed by atoms with E-state index >= 15 is 0 Å². The molecule has 1 heterocycles. The van der Waals surface area contributed by atoms with Gasteiger partial charge in [0.25, 0.3) is 0 Å². The van der Waals surface area contributed by atoms with Crippen molar-refractivity contribution in [2.45, 2.75) is 32.4 Å². The molecule has 2 atom stereocenters. The number of esters is 1. The van der Waals surface area contributed by atoms with Crippen LogP contribution in [0, 0.1) is 5.41 Å². The Labute approximate surface area is 209 Å². The quantitative estimate of drug-likeness (QED) is 0.310. The summed E-state index contributed by atoms with van der Waals surface area (Å²) in [5.41, 5.74) is 7.90. The minimum absolute atomic E-state index is 0.0110. The second-order valence-electron chi connectivity index (χ2n) is 8.61. The molecule has 1 aliphatic carbocycles. The van der Waals surface area contributed by atoms with Gasteiger partial charge in [0.1, 0.15) is 12.0 Å². The third-order valence-electron chi connectivity index (χ3n) is 6.18. The van der Waals surface area contributed by atoms with E-state index in [1.165, 1.54) is 12.2 Å². The average Bonchev–Trinajstić information content (AvgIpc) is 3.31. The van der Waals surface area contributed by atoms with Gasteiger partial charge < -0.3 is 20.2 Å². The Morgan fingerprint density at radius 3 is 2.56 bits per heavy atom. The number of rotatable bonds is 9. The number of hydrogen-bond acceptors (Lipinski definition) is 6. The lowest BCUT2D eigenvalue weighted by Gasteiger charge is -2.30. The number of allylic oxidation sites excluding steroid dienone is 2. The molecule has 8 nitrogen and oxygen atoms in total. The highest BCUT2D eigenvalue weighted by Crippen LogP contribution is 2.34. The van der Waals surface area contributed by atoms with Crippen LogP contribution in [0.3, 0.4) is 0 Å². The van der Waals surface area contributed by atoms with Crippen LogP contribution in [0.4, 0.5) is 4.79 Å². The number of hydrogen-bond donors (Lipinski definition) is 3. The molecule has 36 heavy (non-hydrogen) atoms. The zero-order valence-corrected chi connectivity index (χ0v) is 20.0. The summed E-state index contributed by atoms with van der Waals surface area (Å²) in [6.45, 7) is 1.93. The van der Waals surface area contributed by atoms with Crippen molar-refractivity contribution in [1.82, 2.24) is 10.3 Å². The first-order valence-electron chi connectivity index (χ1n) is 11.8. The Balaban J connectivity index is 1.45. The second-order valence-corrected chi connectivity index (χ2v) is 8.61. The van der Waals surface area contributed by atoms with E-state index in [0.717, 1.165) is 22.0 Å². The summed E-state index contributed by atoms with van der Waals surface area (Å²) in [5.74, 6) is -1.10. The molecule has 1 amide bonds. The fourth-order valence-electron chi connectivity index (χ4n) is 4.26. The molecule has 1 aliphatic rings. The summed E-state index contributed by atoms with van der Waals surface area (Å²) in [5, 5.41) is 3.61.